The van der Waals surface area contributed by atoms with Crippen molar-refractivity contribution in [3.63, 3.8) is 0 Å². The molecule has 2 fully saturated rings. The predicted molar refractivity (Wildman–Crippen MR) is 113 cm³/mol. The highest BCUT2D eigenvalue weighted by molar-refractivity contribution is 6.31. The number of nitrogens with zero attached hydrogens (tertiary/aromatic N) is 4. The second-order valence-electron chi connectivity index (χ2n) is 8.19. The molecule has 0 bridgehead atoms. The topological polar surface area (TPSA) is 90.8 Å². The van der Waals surface area contributed by atoms with Crippen LogP contribution in [0.25, 0.3) is 0 Å². The number of halogens is 1. The van der Waals surface area contributed by atoms with Crippen LogP contribution in [0.5, 0.6) is 5.75 Å². The summed E-state index contributed by atoms with van der Waals surface area (Å²) in [5, 5.41) is 13.0. The van der Waals surface area contributed by atoms with E-state index in [1.807, 2.05) is 23.1 Å². The molecular formula is C21H24ClN5O3. The van der Waals surface area contributed by atoms with Crippen molar-refractivity contribution in [2.45, 2.75) is 24.4 Å². The summed E-state index contributed by atoms with van der Waals surface area (Å²) < 4.78 is 5.80. The summed E-state index contributed by atoms with van der Waals surface area (Å²) >= 11 is 6.18. The lowest BCUT2D eigenvalue weighted by Gasteiger charge is -2.38. The molecule has 1 spiro atoms. The number of β-amino-alcohol motifs (C(OH)–C–C–N with tert-alkyl or cyclic N) is 1. The van der Waals surface area contributed by atoms with Gasteiger partial charge < -0.3 is 20.1 Å². The summed E-state index contributed by atoms with van der Waals surface area (Å²) in [7, 11) is 0. The molecule has 30 heavy (non-hydrogen) atoms. The fourth-order valence-corrected chi connectivity index (χ4v) is 4.67. The van der Waals surface area contributed by atoms with Crippen LogP contribution < -0.4 is 15.0 Å². The highest BCUT2D eigenvalue weighted by atomic mass is 35.5. The molecule has 0 saturated carbocycles. The van der Waals surface area contributed by atoms with E-state index in [0.717, 1.165) is 43.7 Å². The van der Waals surface area contributed by atoms with Crippen LogP contribution in [0.15, 0.2) is 30.6 Å². The minimum atomic E-state index is -0.467. The Morgan fingerprint density at radius 2 is 1.97 bits per heavy atom. The van der Waals surface area contributed by atoms with Gasteiger partial charge in [-0.3, -0.25) is 9.69 Å². The van der Waals surface area contributed by atoms with Crippen molar-refractivity contribution in [2.75, 3.05) is 49.5 Å². The number of nitrogens with one attached hydrogen (secondary N) is 1. The molecule has 1 aromatic carbocycles. The van der Waals surface area contributed by atoms with Gasteiger partial charge in [-0.1, -0.05) is 11.6 Å². The number of carbonyl (C=O) groups is 1. The smallest absolute Gasteiger partial charge is 0.235 e. The maximum absolute atomic E-state index is 12.7. The Balaban J connectivity index is 1.12. The van der Waals surface area contributed by atoms with Crippen molar-refractivity contribution in [2.24, 2.45) is 0 Å². The van der Waals surface area contributed by atoms with Gasteiger partial charge >= 0.3 is 0 Å². The number of hydrogen-bond donors (Lipinski definition) is 2. The minimum absolute atomic E-state index is 0.0858. The molecule has 5 rings (SSSR count). The second-order valence-corrected chi connectivity index (χ2v) is 8.63. The van der Waals surface area contributed by atoms with Crippen LogP contribution in [-0.2, 0) is 10.2 Å². The Hall–Kier alpha value is -2.42. The van der Waals surface area contributed by atoms with Gasteiger partial charge in [0.1, 0.15) is 6.61 Å². The first-order valence-corrected chi connectivity index (χ1v) is 10.6. The first kappa shape index (κ1) is 19.5. The Bertz CT molecular complexity index is 940. The summed E-state index contributed by atoms with van der Waals surface area (Å²) in [4.78, 5) is 25.5. The highest BCUT2D eigenvalue weighted by Crippen LogP contribution is 2.45. The van der Waals surface area contributed by atoms with Crippen molar-refractivity contribution in [3.8, 4) is 5.75 Å². The molecule has 0 radical (unpaired) electrons. The van der Waals surface area contributed by atoms with Crippen LogP contribution in [-0.4, -0.2) is 71.3 Å². The monoisotopic (exact) mass is 429 g/mol. The lowest BCUT2D eigenvalue weighted by molar-refractivity contribution is -0.122. The van der Waals surface area contributed by atoms with Crippen LogP contribution in [0.1, 0.15) is 18.4 Å². The number of anilines is 2. The SMILES string of the molecule is O=C1Nc2ccc(Cl)cc2C12CCN(CCOc1cnc(N3CC(O)C3)nc1)CC2. The molecule has 2 saturated heterocycles. The summed E-state index contributed by atoms with van der Waals surface area (Å²) in [6.45, 7) is 4.12. The van der Waals surface area contributed by atoms with Gasteiger partial charge in [0.05, 0.1) is 23.9 Å². The zero-order valence-electron chi connectivity index (χ0n) is 16.6. The number of hydrogen-bond acceptors (Lipinski definition) is 7. The van der Waals surface area contributed by atoms with Crippen LogP contribution in [0.2, 0.25) is 5.02 Å². The van der Waals surface area contributed by atoms with E-state index in [4.69, 9.17) is 16.3 Å². The predicted octanol–water partition coefficient (Wildman–Crippen LogP) is 1.68. The number of piperidine rings is 1. The molecule has 0 atom stereocenters. The average molecular weight is 430 g/mol. The quantitative estimate of drug-likeness (QED) is 0.747. The van der Waals surface area contributed by atoms with Crippen LogP contribution in [0.4, 0.5) is 11.6 Å². The maximum atomic E-state index is 12.7. The highest BCUT2D eigenvalue weighted by Gasteiger charge is 2.48. The molecule has 0 aliphatic carbocycles. The number of aliphatic hydroxyl groups is 1. The summed E-state index contributed by atoms with van der Waals surface area (Å²) in [5.74, 6) is 1.33. The van der Waals surface area contributed by atoms with E-state index in [9.17, 15) is 9.90 Å². The zero-order valence-corrected chi connectivity index (χ0v) is 17.3. The van der Waals surface area contributed by atoms with Crippen molar-refractivity contribution in [1.82, 2.24) is 14.9 Å². The number of fused-ring (bicyclic) bond motifs is 2. The normalized spacial score (nSPS) is 20.7. The Kier molecular flexibility index (Phi) is 5.00. The number of rotatable bonds is 5. The van der Waals surface area contributed by atoms with Crippen molar-refractivity contribution < 1.29 is 14.6 Å². The Labute approximate surface area is 179 Å². The third kappa shape index (κ3) is 3.49. The summed E-state index contributed by atoms with van der Waals surface area (Å²) in [5.41, 5.74) is 1.45. The molecule has 3 aliphatic rings. The first-order valence-electron chi connectivity index (χ1n) is 10.3. The third-order valence-corrected chi connectivity index (χ3v) is 6.56. The van der Waals surface area contributed by atoms with Crippen molar-refractivity contribution in [1.29, 1.82) is 0 Å². The van der Waals surface area contributed by atoms with Crippen molar-refractivity contribution in [3.05, 3.63) is 41.2 Å². The largest absolute Gasteiger partial charge is 0.489 e. The number of ether oxygens (including phenoxy) is 1. The van der Waals surface area contributed by atoms with Crippen LogP contribution in [0, 0.1) is 0 Å². The van der Waals surface area contributed by atoms with Gasteiger partial charge in [-0.2, -0.15) is 0 Å². The van der Waals surface area contributed by atoms with Gasteiger partial charge in [0.2, 0.25) is 11.9 Å². The van der Waals surface area contributed by atoms with Crippen LogP contribution in [0.3, 0.4) is 0 Å². The maximum Gasteiger partial charge on any atom is 0.235 e. The van der Waals surface area contributed by atoms with Gasteiger partial charge in [0.15, 0.2) is 5.75 Å². The van der Waals surface area contributed by atoms with E-state index in [-0.39, 0.29) is 12.0 Å². The number of likely N-dealkylation sites (tertiary alicyclic amines) is 1. The number of aromatic nitrogens is 2. The van der Waals surface area contributed by atoms with E-state index in [0.29, 0.717) is 36.4 Å². The van der Waals surface area contributed by atoms with E-state index in [2.05, 4.69) is 20.2 Å². The lowest BCUT2D eigenvalue weighted by Crippen LogP contribution is -2.51. The van der Waals surface area contributed by atoms with Gasteiger partial charge in [-0.25, -0.2) is 9.97 Å². The van der Waals surface area contributed by atoms with E-state index < -0.39 is 5.41 Å². The summed E-state index contributed by atoms with van der Waals surface area (Å²) in [6.07, 6.45) is 4.59. The van der Waals surface area contributed by atoms with Gasteiger partial charge in [0, 0.05) is 30.3 Å². The number of aliphatic hydroxyl groups excluding tert-OH is 1. The molecule has 4 heterocycles. The average Bonchev–Trinajstić information content (AvgIpc) is 2.99. The molecule has 158 valence electrons. The molecule has 2 aromatic rings. The van der Waals surface area contributed by atoms with E-state index in [1.165, 1.54) is 0 Å². The molecule has 3 aliphatic heterocycles. The fourth-order valence-electron chi connectivity index (χ4n) is 4.50. The van der Waals surface area contributed by atoms with Gasteiger partial charge in [-0.15, -0.1) is 0 Å². The lowest BCUT2D eigenvalue weighted by atomic mass is 9.73. The number of amides is 1. The fraction of sp³-hybridized carbons (Fsp3) is 0.476. The standard InChI is InChI=1S/C21H24ClN5O3/c22-14-1-2-18-17(9-14)21(19(29)25-18)3-5-26(6-4-21)7-8-30-16-10-23-20(24-11-16)27-12-15(28)13-27/h1-2,9-11,15,28H,3-8,12-13H2,(H,25,29). The zero-order chi connectivity index (χ0) is 20.7. The van der Waals surface area contributed by atoms with E-state index >= 15 is 0 Å². The minimum Gasteiger partial charge on any atom is -0.489 e. The Morgan fingerprint density at radius 1 is 1.23 bits per heavy atom. The summed E-state index contributed by atoms with van der Waals surface area (Å²) in [6, 6.07) is 5.63. The number of carbonyl (C=O) groups excluding carboxylic acids is 1. The second kappa shape index (κ2) is 7.68. The van der Waals surface area contributed by atoms with Gasteiger partial charge in [0.25, 0.3) is 0 Å². The van der Waals surface area contributed by atoms with E-state index in [1.54, 1.807) is 12.4 Å². The third-order valence-electron chi connectivity index (χ3n) is 6.33. The molecule has 8 nitrogen and oxygen atoms in total. The van der Waals surface area contributed by atoms with Crippen molar-refractivity contribution >= 4 is 29.1 Å². The molecular weight excluding hydrogens is 406 g/mol. The Morgan fingerprint density at radius 3 is 2.67 bits per heavy atom. The molecule has 2 N–H and O–H groups in total. The molecule has 9 heteroatoms. The molecule has 1 aromatic heterocycles. The first-order chi connectivity index (χ1) is 14.5. The van der Waals surface area contributed by atoms with Gasteiger partial charge in [-0.05, 0) is 49.7 Å². The molecule has 1 amide bonds. The van der Waals surface area contributed by atoms with Crippen LogP contribution >= 0.6 is 11.6 Å². The number of benzene rings is 1. The molecule has 0 unspecified atom stereocenters.